The Hall–Kier alpha value is -3.68. The molecule has 0 amide bonds. The lowest BCUT2D eigenvalue weighted by Gasteiger charge is -2.08. The first-order valence-corrected chi connectivity index (χ1v) is 10.0. The van der Waals surface area contributed by atoms with Crippen LogP contribution in [0.3, 0.4) is 0 Å². The van der Waals surface area contributed by atoms with Crippen LogP contribution in [-0.4, -0.2) is 29.6 Å². The van der Waals surface area contributed by atoms with Crippen molar-refractivity contribution < 1.29 is 4.74 Å². The van der Waals surface area contributed by atoms with Gasteiger partial charge >= 0.3 is 5.69 Å². The molecule has 2 heterocycles. The first kappa shape index (κ1) is 22.6. The van der Waals surface area contributed by atoms with E-state index in [9.17, 15) is 4.79 Å². The number of rotatable bonds is 5. The van der Waals surface area contributed by atoms with Crippen molar-refractivity contribution in [3.63, 3.8) is 0 Å². The molecule has 158 valence electrons. The monoisotopic (exact) mass is 408 g/mol. The molecule has 8 nitrogen and oxygen atoms in total. The van der Waals surface area contributed by atoms with Gasteiger partial charge in [0.1, 0.15) is 6.61 Å². The highest BCUT2D eigenvalue weighted by atomic mass is 16.5. The van der Waals surface area contributed by atoms with Crippen LogP contribution in [0.25, 0.3) is 11.4 Å². The minimum Gasteiger partial charge on any atom is -0.472 e. The third-order valence-electron chi connectivity index (χ3n) is 3.90. The Bertz CT molecular complexity index is 1080. The maximum atomic E-state index is 12.1. The maximum absolute atomic E-state index is 12.1. The molecule has 0 aliphatic rings. The standard InChI is InChI=1S/C18H16N6O2.2C2H6/c1-22-18(25)24(21-20-22)16-10-6-5-7-14(16)13-26-17-11-12-23(19-17)15-8-3-2-4-9-15;2*1-2/h2-12H,13H2,1H3;2*1-2H3. The van der Waals surface area contributed by atoms with E-state index >= 15 is 0 Å². The summed E-state index contributed by atoms with van der Waals surface area (Å²) in [5.41, 5.74) is 2.08. The van der Waals surface area contributed by atoms with Gasteiger partial charge in [0.15, 0.2) is 0 Å². The Balaban J connectivity index is 0.000000757. The normalized spacial score (nSPS) is 9.77. The third-order valence-corrected chi connectivity index (χ3v) is 3.90. The van der Waals surface area contributed by atoms with E-state index in [1.165, 1.54) is 9.36 Å². The van der Waals surface area contributed by atoms with E-state index in [0.717, 1.165) is 11.3 Å². The Morgan fingerprint density at radius 3 is 2.20 bits per heavy atom. The van der Waals surface area contributed by atoms with Gasteiger partial charge in [-0.3, -0.25) is 0 Å². The number of nitrogens with zero attached hydrogens (tertiary/aromatic N) is 6. The van der Waals surface area contributed by atoms with Gasteiger partial charge in [0.25, 0.3) is 0 Å². The number of tetrazole rings is 1. The summed E-state index contributed by atoms with van der Waals surface area (Å²) in [6.07, 6.45) is 1.84. The summed E-state index contributed by atoms with van der Waals surface area (Å²) >= 11 is 0. The van der Waals surface area contributed by atoms with Gasteiger partial charge in [0, 0.05) is 24.9 Å². The van der Waals surface area contributed by atoms with Crippen LogP contribution in [0.1, 0.15) is 33.3 Å². The fraction of sp³-hybridized carbons (Fsp3) is 0.273. The summed E-state index contributed by atoms with van der Waals surface area (Å²) < 4.78 is 9.98. The SMILES string of the molecule is CC.CC.Cn1nnn(-c2ccccc2COc2ccn(-c3ccccc3)n2)c1=O. The third kappa shape index (κ3) is 5.22. The summed E-state index contributed by atoms with van der Waals surface area (Å²) in [5, 5.41) is 12.0. The van der Waals surface area contributed by atoms with Crippen molar-refractivity contribution in [3.05, 3.63) is 82.9 Å². The molecule has 0 fully saturated rings. The van der Waals surface area contributed by atoms with Gasteiger partial charge < -0.3 is 4.74 Å². The van der Waals surface area contributed by atoms with Crippen LogP contribution < -0.4 is 10.4 Å². The average molecular weight is 409 g/mol. The molecule has 0 bridgehead atoms. The number of aromatic nitrogens is 6. The highest BCUT2D eigenvalue weighted by molar-refractivity contribution is 5.39. The van der Waals surface area contributed by atoms with E-state index in [4.69, 9.17) is 4.74 Å². The summed E-state index contributed by atoms with van der Waals surface area (Å²) in [5.74, 6) is 0.496. The lowest BCUT2D eigenvalue weighted by atomic mass is 10.2. The van der Waals surface area contributed by atoms with Crippen LogP contribution in [0.5, 0.6) is 5.88 Å². The van der Waals surface area contributed by atoms with E-state index in [-0.39, 0.29) is 12.3 Å². The molecule has 8 heteroatoms. The molecule has 0 radical (unpaired) electrons. The van der Waals surface area contributed by atoms with Crippen molar-refractivity contribution in [1.29, 1.82) is 0 Å². The first-order valence-electron chi connectivity index (χ1n) is 10.0. The molecule has 0 N–H and O–H groups in total. The predicted molar refractivity (Wildman–Crippen MR) is 117 cm³/mol. The van der Waals surface area contributed by atoms with Gasteiger partial charge in [-0.05, 0) is 28.6 Å². The number of hydrogen-bond acceptors (Lipinski definition) is 5. The minimum atomic E-state index is -0.314. The summed E-state index contributed by atoms with van der Waals surface area (Å²) in [4.78, 5) is 12.1. The van der Waals surface area contributed by atoms with Crippen molar-refractivity contribution in [2.75, 3.05) is 0 Å². The number of para-hydroxylation sites is 2. The van der Waals surface area contributed by atoms with E-state index in [1.54, 1.807) is 23.9 Å². The summed E-state index contributed by atoms with van der Waals surface area (Å²) in [6, 6.07) is 19.0. The van der Waals surface area contributed by atoms with E-state index in [1.807, 2.05) is 82.4 Å². The Morgan fingerprint density at radius 2 is 1.53 bits per heavy atom. The molecule has 0 saturated carbocycles. The van der Waals surface area contributed by atoms with Gasteiger partial charge in [-0.15, -0.1) is 5.10 Å². The quantitative estimate of drug-likeness (QED) is 0.502. The molecule has 0 aliphatic carbocycles. The lowest BCUT2D eigenvalue weighted by molar-refractivity contribution is 0.291. The molecule has 30 heavy (non-hydrogen) atoms. The molecule has 2 aromatic heterocycles. The topological polar surface area (TPSA) is 79.8 Å². The molecule has 4 aromatic rings. The van der Waals surface area contributed by atoms with Gasteiger partial charge in [-0.2, -0.15) is 9.36 Å². The highest BCUT2D eigenvalue weighted by Gasteiger charge is 2.11. The first-order chi connectivity index (χ1) is 14.7. The molecule has 0 aliphatic heterocycles. The van der Waals surface area contributed by atoms with Gasteiger partial charge in [0.05, 0.1) is 11.4 Å². The molecule has 4 rings (SSSR count). The van der Waals surface area contributed by atoms with Crippen LogP contribution in [0.15, 0.2) is 71.7 Å². The molecule has 0 saturated heterocycles. The number of aryl methyl sites for hydroxylation is 1. The zero-order valence-electron chi connectivity index (χ0n) is 18.1. The van der Waals surface area contributed by atoms with E-state index in [0.29, 0.717) is 11.6 Å². The molecule has 2 aromatic carbocycles. The van der Waals surface area contributed by atoms with Crippen LogP contribution in [0.2, 0.25) is 0 Å². The van der Waals surface area contributed by atoms with E-state index < -0.39 is 0 Å². The van der Waals surface area contributed by atoms with Crippen molar-refractivity contribution in [1.82, 2.24) is 29.6 Å². The maximum Gasteiger partial charge on any atom is 0.368 e. The van der Waals surface area contributed by atoms with E-state index in [2.05, 4.69) is 15.5 Å². The molecule has 0 unspecified atom stereocenters. The Kier molecular flexibility index (Phi) is 8.56. The minimum absolute atomic E-state index is 0.255. The lowest BCUT2D eigenvalue weighted by Crippen LogP contribution is -2.23. The van der Waals surface area contributed by atoms with Crippen molar-refractivity contribution in [3.8, 4) is 17.3 Å². The van der Waals surface area contributed by atoms with Crippen LogP contribution >= 0.6 is 0 Å². The van der Waals surface area contributed by atoms with Gasteiger partial charge in [-0.1, -0.05) is 64.1 Å². The van der Waals surface area contributed by atoms with Crippen LogP contribution in [-0.2, 0) is 13.7 Å². The molecule has 0 spiro atoms. The fourth-order valence-corrected chi connectivity index (χ4v) is 2.56. The Morgan fingerprint density at radius 1 is 0.867 bits per heavy atom. The van der Waals surface area contributed by atoms with Crippen LogP contribution in [0, 0.1) is 0 Å². The molecular weight excluding hydrogens is 380 g/mol. The zero-order valence-corrected chi connectivity index (χ0v) is 18.1. The van der Waals surface area contributed by atoms with Crippen molar-refractivity contribution in [2.45, 2.75) is 34.3 Å². The van der Waals surface area contributed by atoms with Crippen LogP contribution in [0.4, 0.5) is 0 Å². The fourth-order valence-electron chi connectivity index (χ4n) is 2.56. The van der Waals surface area contributed by atoms with Gasteiger partial charge in [0.2, 0.25) is 5.88 Å². The number of benzene rings is 2. The smallest absolute Gasteiger partial charge is 0.368 e. The predicted octanol–water partition coefficient (Wildman–Crippen LogP) is 3.78. The largest absolute Gasteiger partial charge is 0.472 e. The van der Waals surface area contributed by atoms with Crippen molar-refractivity contribution in [2.24, 2.45) is 7.05 Å². The van der Waals surface area contributed by atoms with Gasteiger partial charge in [-0.25, -0.2) is 9.48 Å². The molecular formula is C22H28N6O2. The second-order valence-corrected chi connectivity index (χ2v) is 5.65. The summed E-state index contributed by atoms with van der Waals surface area (Å²) in [6.45, 7) is 8.25. The highest BCUT2D eigenvalue weighted by Crippen LogP contribution is 2.16. The number of hydrogen-bond donors (Lipinski definition) is 0. The van der Waals surface area contributed by atoms with Crippen molar-refractivity contribution >= 4 is 0 Å². The molecule has 0 atom stereocenters. The second kappa shape index (κ2) is 11.4. The number of ether oxygens (including phenoxy) is 1. The summed E-state index contributed by atoms with van der Waals surface area (Å²) in [7, 11) is 1.56. The second-order valence-electron chi connectivity index (χ2n) is 5.65. The Labute approximate surface area is 176 Å². The zero-order chi connectivity index (χ0) is 21.9. The average Bonchev–Trinajstić information content (AvgIpc) is 3.43.